The fourth-order valence-corrected chi connectivity index (χ4v) is 10.2. The lowest BCUT2D eigenvalue weighted by Crippen LogP contribution is -2.56. The number of aliphatic hydroxyl groups excluding tert-OH is 1. The highest BCUT2D eigenvalue weighted by molar-refractivity contribution is 8.02. The lowest BCUT2D eigenvalue weighted by molar-refractivity contribution is -0.146. The molecule has 3 aliphatic heterocycles. The van der Waals surface area contributed by atoms with Crippen LogP contribution in [0.2, 0.25) is 0 Å². The van der Waals surface area contributed by atoms with Gasteiger partial charge in [0.15, 0.2) is 0 Å². The number of aliphatic hydroxyl groups is 1. The van der Waals surface area contributed by atoms with Crippen LogP contribution in [0, 0.1) is 25.7 Å². The maximum absolute atomic E-state index is 15.1. The van der Waals surface area contributed by atoms with Crippen molar-refractivity contribution in [1.82, 2.24) is 9.80 Å². The van der Waals surface area contributed by atoms with Crippen molar-refractivity contribution in [2.24, 2.45) is 11.8 Å². The Balaban J connectivity index is 1.68. The number of anilines is 1. The first-order valence-electron chi connectivity index (χ1n) is 15.7. The summed E-state index contributed by atoms with van der Waals surface area (Å²) in [6.45, 7) is 16.8. The van der Waals surface area contributed by atoms with E-state index in [1.54, 1.807) is 33.7 Å². The molecule has 8 heteroatoms. The number of hydrogen-bond donors (Lipinski definition) is 1. The molecule has 2 aromatic carbocycles. The number of thioether (sulfide) groups is 1. The van der Waals surface area contributed by atoms with E-state index in [0.717, 1.165) is 35.2 Å². The molecule has 2 unspecified atom stereocenters. The molecule has 2 bridgehead atoms. The molecule has 3 saturated heterocycles. The molecule has 6 atom stereocenters. The summed E-state index contributed by atoms with van der Waals surface area (Å²) in [5, 5.41) is 10.9. The van der Waals surface area contributed by atoms with E-state index in [9.17, 15) is 14.7 Å². The number of rotatable bonds is 12. The Kier molecular flexibility index (Phi) is 9.15. The van der Waals surface area contributed by atoms with Crippen molar-refractivity contribution in [3.05, 3.63) is 90.5 Å². The van der Waals surface area contributed by atoms with E-state index in [0.29, 0.717) is 19.5 Å². The molecule has 44 heavy (non-hydrogen) atoms. The number of amides is 3. The molecule has 7 nitrogen and oxygen atoms in total. The summed E-state index contributed by atoms with van der Waals surface area (Å²) >= 11 is 1.66. The van der Waals surface area contributed by atoms with Crippen LogP contribution >= 0.6 is 11.8 Å². The fraction of sp³-hybridized carbons (Fsp3) is 0.472. The molecule has 3 fully saturated rings. The summed E-state index contributed by atoms with van der Waals surface area (Å²) < 4.78 is -1.30. The number of hydrogen-bond acceptors (Lipinski definition) is 5. The zero-order chi connectivity index (χ0) is 31.8. The van der Waals surface area contributed by atoms with Crippen LogP contribution in [0.3, 0.4) is 0 Å². The third kappa shape index (κ3) is 5.10. The SMILES string of the molecule is C=CCN(CCC)C(=O)[C@H]1[C@H]2C(=O)N([C@H](CO)c3ccccc3)C(C(=O)N(CC=C)c3cc(C)ccc3C)C23CC[C@]1(C)S3. The van der Waals surface area contributed by atoms with Gasteiger partial charge in [0.25, 0.3) is 5.91 Å². The topological polar surface area (TPSA) is 81.2 Å². The molecule has 0 aliphatic carbocycles. The van der Waals surface area contributed by atoms with E-state index >= 15 is 4.79 Å². The number of carbonyl (C=O) groups excluding carboxylic acids is 3. The highest BCUT2D eigenvalue weighted by Gasteiger charge is 2.78. The Bertz CT molecular complexity index is 1450. The number of likely N-dealkylation sites (tertiary alicyclic amines) is 1. The van der Waals surface area contributed by atoms with E-state index in [2.05, 4.69) is 20.1 Å². The van der Waals surface area contributed by atoms with Gasteiger partial charge in [0, 0.05) is 30.1 Å². The molecular formula is C36H45N3O4S. The normalized spacial score (nSPS) is 27.6. The summed E-state index contributed by atoms with van der Waals surface area (Å²) in [7, 11) is 0. The Morgan fingerprint density at radius 3 is 2.43 bits per heavy atom. The van der Waals surface area contributed by atoms with E-state index in [-0.39, 0.29) is 30.9 Å². The van der Waals surface area contributed by atoms with Crippen LogP contribution in [-0.4, -0.2) is 74.4 Å². The van der Waals surface area contributed by atoms with Crippen LogP contribution in [0.4, 0.5) is 5.69 Å². The average Bonchev–Trinajstić information content (AvgIpc) is 3.58. The first-order valence-corrected chi connectivity index (χ1v) is 16.5. The molecule has 1 N–H and O–H groups in total. The number of fused-ring (bicyclic) bond motifs is 1. The van der Waals surface area contributed by atoms with Crippen LogP contribution in [0.1, 0.15) is 55.8 Å². The van der Waals surface area contributed by atoms with Gasteiger partial charge in [-0.25, -0.2) is 0 Å². The lowest BCUT2D eigenvalue weighted by atomic mass is 9.66. The van der Waals surface area contributed by atoms with Gasteiger partial charge in [-0.1, -0.05) is 61.5 Å². The van der Waals surface area contributed by atoms with Crippen molar-refractivity contribution in [2.45, 2.75) is 68.5 Å². The molecule has 2 aromatic rings. The highest BCUT2D eigenvalue weighted by atomic mass is 32.2. The number of aryl methyl sites for hydroxylation is 2. The second-order valence-electron chi connectivity index (χ2n) is 12.7. The third-order valence-corrected chi connectivity index (χ3v) is 11.8. The molecule has 1 spiro atoms. The molecule has 3 aliphatic rings. The second-order valence-corrected chi connectivity index (χ2v) is 14.6. The van der Waals surface area contributed by atoms with Crippen LogP contribution in [0.25, 0.3) is 0 Å². The van der Waals surface area contributed by atoms with Crippen molar-refractivity contribution >= 4 is 35.2 Å². The Hall–Kier alpha value is -3.36. The molecule has 0 saturated carbocycles. The van der Waals surface area contributed by atoms with E-state index in [1.165, 1.54) is 0 Å². The minimum Gasteiger partial charge on any atom is -0.394 e. The van der Waals surface area contributed by atoms with Gasteiger partial charge < -0.3 is 19.8 Å². The highest BCUT2D eigenvalue weighted by Crippen LogP contribution is 2.72. The van der Waals surface area contributed by atoms with Crippen LogP contribution in [0.15, 0.2) is 73.8 Å². The molecular weight excluding hydrogens is 570 g/mol. The van der Waals surface area contributed by atoms with Crippen LogP contribution in [-0.2, 0) is 14.4 Å². The quantitative estimate of drug-likeness (QED) is 0.321. The molecule has 3 amide bonds. The van der Waals surface area contributed by atoms with Crippen LogP contribution < -0.4 is 4.90 Å². The predicted molar refractivity (Wildman–Crippen MR) is 177 cm³/mol. The van der Waals surface area contributed by atoms with Crippen molar-refractivity contribution in [1.29, 1.82) is 0 Å². The van der Waals surface area contributed by atoms with E-state index in [1.807, 2.05) is 74.2 Å². The first kappa shape index (κ1) is 32.0. The number of nitrogens with zero attached hydrogens (tertiary/aromatic N) is 3. The average molecular weight is 616 g/mol. The second kappa shape index (κ2) is 12.6. The van der Waals surface area contributed by atoms with Gasteiger partial charge in [-0.15, -0.1) is 24.9 Å². The van der Waals surface area contributed by atoms with Crippen molar-refractivity contribution in [2.75, 3.05) is 31.1 Å². The minimum atomic E-state index is -0.874. The number of carbonyl (C=O) groups is 3. The van der Waals surface area contributed by atoms with Gasteiger partial charge in [-0.3, -0.25) is 14.4 Å². The van der Waals surface area contributed by atoms with Crippen molar-refractivity contribution in [3.63, 3.8) is 0 Å². The smallest absolute Gasteiger partial charge is 0.251 e. The minimum absolute atomic E-state index is 0.0486. The first-order chi connectivity index (χ1) is 21.1. The Morgan fingerprint density at radius 2 is 1.80 bits per heavy atom. The van der Waals surface area contributed by atoms with Gasteiger partial charge in [0.2, 0.25) is 11.8 Å². The summed E-state index contributed by atoms with van der Waals surface area (Å²) in [5.41, 5.74) is 3.50. The monoisotopic (exact) mass is 615 g/mol. The largest absolute Gasteiger partial charge is 0.394 e. The zero-order valence-electron chi connectivity index (χ0n) is 26.4. The van der Waals surface area contributed by atoms with E-state index in [4.69, 9.17) is 0 Å². The van der Waals surface area contributed by atoms with Crippen molar-refractivity contribution in [3.8, 4) is 0 Å². The summed E-state index contributed by atoms with van der Waals surface area (Å²) in [6, 6.07) is 13.8. The Morgan fingerprint density at radius 1 is 1.09 bits per heavy atom. The summed E-state index contributed by atoms with van der Waals surface area (Å²) in [5.74, 6) is -1.74. The standard InChI is InChI=1S/C36H45N3O4S/c1-7-19-37(20-8-2)32(41)29-30-33(42)39(28(23-40)26-13-11-10-12-14-26)31(36(30)18-17-35(29,6)44-36)34(43)38(21-9-3)27-22-24(4)15-16-25(27)5/h7,9-16,22,28-31,40H,1,3,8,17-21,23H2,2,4-6H3/t28-,29-,30+,31?,35+,36?/m1/s1. The Labute approximate surface area is 266 Å². The maximum Gasteiger partial charge on any atom is 0.251 e. The molecule has 0 aromatic heterocycles. The van der Waals surface area contributed by atoms with Gasteiger partial charge in [0.1, 0.15) is 6.04 Å². The van der Waals surface area contributed by atoms with Crippen LogP contribution in [0.5, 0.6) is 0 Å². The van der Waals surface area contributed by atoms with Gasteiger partial charge in [-0.05, 0) is 62.8 Å². The van der Waals surface area contributed by atoms with E-state index < -0.39 is 33.4 Å². The van der Waals surface area contributed by atoms with Gasteiger partial charge in [-0.2, -0.15) is 0 Å². The van der Waals surface area contributed by atoms with Gasteiger partial charge >= 0.3 is 0 Å². The lowest BCUT2D eigenvalue weighted by Gasteiger charge is -2.40. The van der Waals surface area contributed by atoms with Crippen molar-refractivity contribution < 1.29 is 19.5 Å². The molecule has 3 heterocycles. The summed E-state index contributed by atoms with van der Waals surface area (Å²) in [6.07, 6.45) is 5.60. The molecule has 234 valence electrons. The van der Waals surface area contributed by atoms with Gasteiger partial charge in [0.05, 0.1) is 29.2 Å². The maximum atomic E-state index is 15.1. The molecule has 0 radical (unpaired) electrons. The zero-order valence-corrected chi connectivity index (χ0v) is 27.2. The fourth-order valence-electron chi connectivity index (χ4n) is 7.89. The third-order valence-electron chi connectivity index (χ3n) is 9.80. The molecule has 5 rings (SSSR count). The summed E-state index contributed by atoms with van der Waals surface area (Å²) in [4.78, 5) is 49.6. The number of benzene rings is 2. The predicted octanol–water partition coefficient (Wildman–Crippen LogP) is 5.46.